The van der Waals surface area contributed by atoms with Gasteiger partial charge in [0.15, 0.2) is 0 Å². The van der Waals surface area contributed by atoms with Gasteiger partial charge in [0.05, 0.1) is 5.60 Å². The van der Waals surface area contributed by atoms with Gasteiger partial charge in [0.1, 0.15) is 0 Å². The van der Waals surface area contributed by atoms with E-state index in [4.69, 9.17) is 0 Å². The molecule has 0 heterocycles. The summed E-state index contributed by atoms with van der Waals surface area (Å²) >= 11 is 0. The summed E-state index contributed by atoms with van der Waals surface area (Å²) in [5.41, 5.74) is 0.175. The van der Waals surface area contributed by atoms with Crippen LogP contribution in [-0.2, 0) is 0 Å². The molecule has 0 bridgehead atoms. The Morgan fingerprint density at radius 2 is 1.44 bits per heavy atom. The average molecular weight is 252 g/mol. The van der Waals surface area contributed by atoms with E-state index in [1.165, 1.54) is 32.1 Å². The molecule has 0 aromatic rings. The fourth-order valence-corrected chi connectivity index (χ4v) is 5.35. The van der Waals surface area contributed by atoms with Gasteiger partial charge < -0.3 is 5.11 Å². The highest BCUT2D eigenvalue weighted by Gasteiger charge is 2.50. The zero-order valence-electron chi connectivity index (χ0n) is 13.1. The van der Waals surface area contributed by atoms with E-state index in [1.54, 1.807) is 0 Å². The monoisotopic (exact) mass is 252 g/mol. The van der Waals surface area contributed by atoms with Crippen molar-refractivity contribution in [1.29, 1.82) is 0 Å². The SMILES string of the molecule is CC1CCCC(C2(O)CC(C)(C)CC(C)(C)C2)C1. The zero-order valence-corrected chi connectivity index (χ0v) is 13.1. The molecule has 0 radical (unpaired) electrons. The second-order valence-corrected chi connectivity index (χ2v) is 8.93. The van der Waals surface area contributed by atoms with Crippen molar-refractivity contribution < 1.29 is 5.11 Å². The molecule has 106 valence electrons. The number of hydrogen-bond donors (Lipinski definition) is 1. The van der Waals surface area contributed by atoms with Crippen LogP contribution in [0.25, 0.3) is 0 Å². The van der Waals surface area contributed by atoms with Crippen LogP contribution < -0.4 is 0 Å². The summed E-state index contributed by atoms with van der Waals surface area (Å²) in [4.78, 5) is 0. The van der Waals surface area contributed by atoms with Crippen molar-refractivity contribution >= 4 is 0 Å². The number of aliphatic hydroxyl groups is 1. The molecule has 18 heavy (non-hydrogen) atoms. The fourth-order valence-electron chi connectivity index (χ4n) is 5.35. The minimum atomic E-state index is -0.403. The molecule has 2 atom stereocenters. The Kier molecular flexibility index (Phi) is 3.60. The molecule has 1 N–H and O–H groups in total. The predicted molar refractivity (Wildman–Crippen MR) is 77.5 cm³/mol. The lowest BCUT2D eigenvalue weighted by Gasteiger charge is -2.53. The summed E-state index contributed by atoms with van der Waals surface area (Å²) < 4.78 is 0. The predicted octanol–water partition coefficient (Wildman–Crippen LogP) is 4.78. The van der Waals surface area contributed by atoms with E-state index in [2.05, 4.69) is 34.6 Å². The van der Waals surface area contributed by atoms with E-state index in [0.717, 1.165) is 18.8 Å². The highest BCUT2D eigenvalue weighted by Crippen LogP contribution is 2.54. The van der Waals surface area contributed by atoms with Crippen molar-refractivity contribution in [2.75, 3.05) is 0 Å². The largest absolute Gasteiger partial charge is 0.390 e. The molecule has 2 fully saturated rings. The average Bonchev–Trinajstić information content (AvgIpc) is 2.11. The first-order valence-electron chi connectivity index (χ1n) is 7.84. The van der Waals surface area contributed by atoms with E-state index in [1.807, 2.05) is 0 Å². The molecule has 0 aromatic carbocycles. The second-order valence-electron chi connectivity index (χ2n) is 8.93. The van der Waals surface area contributed by atoms with Gasteiger partial charge in [-0.1, -0.05) is 47.5 Å². The van der Waals surface area contributed by atoms with Crippen molar-refractivity contribution in [2.24, 2.45) is 22.7 Å². The van der Waals surface area contributed by atoms with Crippen LogP contribution in [0.5, 0.6) is 0 Å². The van der Waals surface area contributed by atoms with Crippen LogP contribution in [0, 0.1) is 22.7 Å². The van der Waals surface area contributed by atoms with Gasteiger partial charge in [-0.25, -0.2) is 0 Å². The Balaban J connectivity index is 2.18. The maximum atomic E-state index is 11.3. The topological polar surface area (TPSA) is 20.2 Å². The summed E-state index contributed by atoms with van der Waals surface area (Å²) in [6.45, 7) is 11.7. The van der Waals surface area contributed by atoms with E-state index < -0.39 is 5.60 Å². The van der Waals surface area contributed by atoms with Crippen molar-refractivity contribution in [2.45, 2.75) is 85.2 Å². The molecule has 1 heteroatoms. The number of rotatable bonds is 1. The molecule has 0 amide bonds. The van der Waals surface area contributed by atoms with Gasteiger partial charge in [0.2, 0.25) is 0 Å². The van der Waals surface area contributed by atoms with Gasteiger partial charge in [-0.15, -0.1) is 0 Å². The fraction of sp³-hybridized carbons (Fsp3) is 1.00. The van der Waals surface area contributed by atoms with Gasteiger partial charge >= 0.3 is 0 Å². The van der Waals surface area contributed by atoms with Crippen LogP contribution >= 0.6 is 0 Å². The van der Waals surface area contributed by atoms with Crippen LogP contribution in [0.4, 0.5) is 0 Å². The Labute approximate surface area is 113 Å². The molecule has 0 aromatic heterocycles. The maximum absolute atomic E-state index is 11.3. The van der Waals surface area contributed by atoms with Crippen LogP contribution in [0.15, 0.2) is 0 Å². The highest BCUT2D eigenvalue weighted by molar-refractivity contribution is 5.01. The Morgan fingerprint density at radius 3 is 1.94 bits per heavy atom. The third-order valence-electron chi connectivity index (χ3n) is 5.22. The Hall–Kier alpha value is -0.0400. The van der Waals surface area contributed by atoms with Crippen molar-refractivity contribution in [1.82, 2.24) is 0 Å². The third kappa shape index (κ3) is 3.10. The van der Waals surface area contributed by atoms with Crippen LogP contribution in [-0.4, -0.2) is 10.7 Å². The lowest BCUT2D eigenvalue weighted by atomic mass is 9.55. The molecule has 0 aliphatic heterocycles. The van der Waals surface area contributed by atoms with Crippen LogP contribution in [0.1, 0.15) is 79.6 Å². The molecular formula is C17H32O. The van der Waals surface area contributed by atoms with E-state index in [0.29, 0.717) is 5.92 Å². The summed E-state index contributed by atoms with van der Waals surface area (Å²) in [6.07, 6.45) is 8.40. The zero-order chi connectivity index (χ0) is 13.6. The molecule has 2 unspecified atom stereocenters. The second kappa shape index (κ2) is 4.51. The summed E-state index contributed by atoms with van der Waals surface area (Å²) in [5.74, 6) is 1.35. The van der Waals surface area contributed by atoms with Crippen LogP contribution in [0.2, 0.25) is 0 Å². The first-order valence-corrected chi connectivity index (χ1v) is 7.84. The molecule has 2 aliphatic rings. The van der Waals surface area contributed by atoms with Gasteiger partial charge in [-0.3, -0.25) is 0 Å². The molecule has 0 spiro atoms. The Bertz CT molecular complexity index is 287. The quantitative estimate of drug-likeness (QED) is 0.712. The first kappa shape index (κ1) is 14.4. The van der Waals surface area contributed by atoms with Crippen molar-refractivity contribution in [3.8, 4) is 0 Å². The molecular weight excluding hydrogens is 220 g/mol. The smallest absolute Gasteiger partial charge is 0.0686 e. The van der Waals surface area contributed by atoms with E-state index >= 15 is 0 Å². The molecule has 2 aliphatic carbocycles. The normalized spacial score (nSPS) is 38.3. The van der Waals surface area contributed by atoms with Gasteiger partial charge in [-0.2, -0.15) is 0 Å². The summed E-state index contributed by atoms with van der Waals surface area (Å²) in [5, 5.41) is 11.3. The molecule has 1 nitrogen and oxygen atoms in total. The van der Waals surface area contributed by atoms with Gasteiger partial charge in [0.25, 0.3) is 0 Å². The minimum Gasteiger partial charge on any atom is -0.390 e. The van der Waals surface area contributed by atoms with Crippen molar-refractivity contribution in [3.05, 3.63) is 0 Å². The highest BCUT2D eigenvalue weighted by atomic mass is 16.3. The molecule has 2 saturated carbocycles. The summed E-state index contributed by atoms with van der Waals surface area (Å²) in [7, 11) is 0. The van der Waals surface area contributed by atoms with Crippen LogP contribution in [0.3, 0.4) is 0 Å². The standard InChI is InChI=1S/C17H32O/c1-13-7-6-8-14(9-13)17(18)11-15(2,3)10-16(4,5)12-17/h13-14,18H,6-12H2,1-5H3. The molecule has 0 saturated heterocycles. The van der Waals surface area contributed by atoms with E-state index in [9.17, 15) is 5.11 Å². The summed E-state index contributed by atoms with van der Waals surface area (Å²) in [6, 6.07) is 0. The lowest BCUT2D eigenvalue weighted by molar-refractivity contribution is -0.132. The van der Waals surface area contributed by atoms with Crippen molar-refractivity contribution in [3.63, 3.8) is 0 Å². The van der Waals surface area contributed by atoms with Gasteiger partial charge in [0, 0.05) is 0 Å². The number of hydrogen-bond acceptors (Lipinski definition) is 1. The van der Waals surface area contributed by atoms with Gasteiger partial charge in [-0.05, 0) is 54.8 Å². The third-order valence-corrected chi connectivity index (χ3v) is 5.22. The Morgan fingerprint density at radius 1 is 0.889 bits per heavy atom. The molecule has 2 rings (SSSR count). The van der Waals surface area contributed by atoms with E-state index in [-0.39, 0.29) is 10.8 Å². The maximum Gasteiger partial charge on any atom is 0.0686 e. The minimum absolute atomic E-state index is 0.289. The lowest BCUT2D eigenvalue weighted by Crippen LogP contribution is -2.51. The first-order chi connectivity index (χ1) is 8.12.